The topological polar surface area (TPSA) is 95.5 Å². The van der Waals surface area contributed by atoms with E-state index in [1.165, 1.54) is 0 Å². The van der Waals surface area contributed by atoms with E-state index < -0.39 is 34.3 Å². The third kappa shape index (κ3) is 6.58. The molecule has 0 aliphatic heterocycles. The zero-order chi connectivity index (χ0) is 14.5. The summed E-state index contributed by atoms with van der Waals surface area (Å²) in [6.07, 6.45) is 1.55. The van der Waals surface area contributed by atoms with Crippen LogP contribution in [-0.4, -0.2) is 45.4 Å². The largest absolute Gasteiger partial charge is 0.480 e. The van der Waals surface area contributed by atoms with Crippen molar-refractivity contribution in [3.63, 3.8) is 0 Å². The van der Waals surface area contributed by atoms with Crippen molar-refractivity contribution in [1.82, 2.24) is 10.6 Å². The highest BCUT2D eigenvalue weighted by Gasteiger charge is 2.32. The molecule has 0 aromatic carbocycles. The lowest BCUT2D eigenvalue weighted by Gasteiger charge is -2.28. The number of aliphatic carboxylic acids is 1. The van der Waals surface area contributed by atoms with Crippen molar-refractivity contribution in [1.29, 1.82) is 0 Å². The van der Waals surface area contributed by atoms with Crippen LogP contribution in [0.3, 0.4) is 0 Å². The molecule has 3 atom stereocenters. The summed E-state index contributed by atoms with van der Waals surface area (Å²) in [5.74, 6) is -0.745. The van der Waals surface area contributed by atoms with Crippen LogP contribution < -0.4 is 10.6 Å². The van der Waals surface area contributed by atoms with Crippen molar-refractivity contribution in [2.75, 3.05) is 12.0 Å². The summed E-state index contributed by atoms with van der Waals surface area (Å²) in [6.45, 7) is 6.91. The smallest absolute Gasteiger partial charge is 0.326 e. The van der Waals surface area contributed by atoms with Gasteiger partial charge in [-0.15, -0.1) is 0 Å². The molecule has 2 unspecified atom stereocenters. The minimum atomic E-state index is -1.08. The number of hydrogen-bond acceptors (Lipinski definition) is 3. The fraction of sp³-hybridized carbons (Fsp3) is 0.818. The Balaban J connectivity index is 4.45. The summed E-state index contributed by atoms with van der Waals surface area (Å²) in [7, 11) is -1.01. The molecule has 3 N–H and O–H groups in total. The Morgan fingerprint density at radius 2 is 1.78 bits per heavy atom. The van der Waals surface area contributed by atoms with Crippen LogP contribution in [0.5, 0.6) is 0 Å². The second-order valence-electron chi connectivity index (χ2n) is 5.40. The Kier molecular flexibility index (Phi) is 6.31. The Labute approximate surface area is 110 Å². The van der Waals surface area contributed by atoms with Crippen LogP contribution >= 0.6 is 0 Å². The fourth-order valence-electron chi connectivity index (χ4n) is 1.44. The van der Waals surface area contributed by atoms with Crippen LogP contribution in [0.2, 0.25) is 0 Å². The first-order valence-corrected chi connectivity index (χ1v) is 7.36. The molecular weight excluding hydrogens is 256 g/mol. The van der Waals surface area contributed by atoms with E-state index in [9.17, 15) is 13.8 Å². The summed E-state index contributed by atoms with van der Waals surface area (Å²) in [4.78, 5) is 22.7. The number of urea groups is 1. The molecule has 106 valence electrons. The van der Waals surface area contributed by atoms with Crippen LogP contribution in [-0.2, 0) is 15.6 Å². The molecule has 0 aromatic rings. The quantitative estimate of drug-likeness (QED) is 0.684. The van der Waals surface area contributed by atoms with E-state index in [0.29, 0.717) is 5.75 Å². The number of nitrogens with one attached hydrogen (secondary N) is 2. The lowest BCUT2D eigenvalue weighted by molar-refractivity contribution is -0.141. The van der Waals surface area contributed by atoms with Gasteiger partial charge in [-0.25, -0.2) is 9.59 Å². The molecule has 0 aliphatic carbocycles. The van der Waals surface area contributed by atoms with Crippen molar-refractivity contribution in [2.45, 2.75) is 39.8 Å². The van der Waals surface area contributed by atoms with Gasteiger partial charge < -0.3 is 15.7 Å². The lowest BCUT2D eigenvalue weighted by atomic mass is 9.87. The zero-order valence-electron chi connectivity index (χ0n) is 11.4. The van der Waals surface area contributed by atoms with E-state index in [1.54, 1.807) is 34.0 Å². The third-order valence-electron chi connectivity index (χ3n) is 2.25. The van der Waals surface area contributed by atoms with Gasteiger partial charge in [0.05, 0.1) is 0 Å². The summed E-state index contributed by atoms with van der Waals surface area (Å²) in [5.41, 5.74) is -0.583. The maximum Gasteiger partial charge on any atom is 0.326 e. The average Bonchev–Trinajstić information content (AvgIpc) is 2.09. The molecule has 0 radical (unpaired) electrons. The second-order valence-corrected chi connectivity index (χ2v) is 6.88. The first-order valence-electron chi connectivity index (χ1n) is 5.64. The SMILES string of the molecule is CC(CS(C)=O)NC(=O)N[C@H](C(=O)O)C(C)(C)C. The monoisotopic (exact) mass is 278 g/mol. The Morgan fingerprint density at radius 3 is 2.11 bits per heavy atom. The Morgan fingerprint density at radius 1 is 1.28 bits per heavy atom. The van der Waals surface area contributed by atoms with Crippen molar-refractivity contribution in [3.05, 3.63) is 0 Å². The summed E-state index contributed by atoms with van der Waals surface area (Å²) in [6, 6.07) is -1.81. The van der Waals surface area contributed by atoms with Crippen LogP contribution in [0, 0.1) is 5.41 Å². The molecule has 0 spiro atoms. The minimum Gasteiger partial charge on any atom is -0.480 e. The predicted octanol–water partition coefficient (Wildman–Crippen LogP) is 0.552. The standard InChI is InChI=1S/C11H22N2O4S/c1-7(6-18(5)17)12-10(16)13-8(9(14)15)11(2,3)4/h7-8H,6H2,1-5H3,(H,14,15)(H2,12,13,16)/t7?,8-,18?/m1/s1. The fourth-order valence-corrected chi connectivity index (χ4v) is 2.23. The Bertz CT molecular complexity index is 338. The number of carbonyl (C=O) groups excluding carboxylic acids is 1. The van der Waals surface area contributed by atoms with Gasteiger partial charge in [-0.2, -0.15) is 0 Å². The molecule has 18 heavy (non-hydrogen) atoms. The normalized spacial score (nSPS) is 16.5. The molecule has 0 heterocycles. The third-order valence-corrected chi connectivity index (χ3v) is 3.22. The van der Waals surface area contributed by atoms with E-state index in [-0.39, 0.29) is 6.04 Å². The number of carboxylic acids is 1. The zero-order valence-corrected chi connectivity index (χ0v) is 12.3. The summed E-state index contributed by atoms with van der Waals surface area (Å²) < 4.78 is 11.0. The van der Waals surface area contributed by atoms with E-state index in [4.69, 9.17) is 5.11 Å². The van der Waals surface area contributed by atoms with Gasteiger partial charge in [-0.05, 0) is 12.3 Å². The highest BCUT2D eigenvalue weighted by atomic mass is 32.2. The molecule has 0 fully saturated rings. The highest BCUT2D eigenvalue weighted by molar-refractivity contribution is 7.84. The first-order chi connectivity index (χ1) is 8.04. The van der Waals surface area contributed by atoms with Crippen LogP contribution in [0.25, 0.3) is 0 Å². The highest BCUT2D eigenvalue weighted by Crippen LogP contribution is 2.19. The van der Waals surface area contributed by atoms with Crippen molar-refractivity contribution in [3.8, 4) is 0 Å². The molecular formula is C11H22N2O4S. The van der Waals surface area contributed by atoms with Gasteiger partial charge in [0.15, 0.2) is 0 Å². The maximum atomic E-state index is 11.6. The molecule has 0 rings (SSSR count). The minimum absolute atomic E-state index is 0.273. The lowest BCUT2D eigenvalue weighted by Crippen LogP contribution is -2.54. The van der Waals surface area contributed by atoms with Gasteiger partial charge in [0.25, 0.3) is 0 Å². The van der Waals surface area contributed by atoms with E-state index in [2.05, 4.69) is 10.6 Å². The van der Waals surface area contributed by atoms with Gasteiger partial charge in [-0.3, -0.25) is 4.21 Å². The molecule has 0 aromatic heterocycles. The average molecular weight is 278 g/mol. The molecule has 0 bridgehead atoms. The van der Waals surface area contributed by atoms with Gasteiger partial charge in [-0.1, -0.05) is 20.8 Å². The molecule has 6 nitrogen and oxygen atoms in total. The maximum absolute atomic E-state index is 11.6. The number of hydrogen-bond donors (Lipinski definition) is 3. The van der Waals surface area contributed by atoms with Crippen LogP contribution in [0.1, 0.15) is 27.7 Å². The van der Waals surface area contributed by atoms with Gasteiger partial charge in [0.2, 0.25) is 0 Å². The van der Waals surface area contributed by atoms with Crippen molar-refractivity contribution < 1.29 is 18.9 Å². The van der Waals surface area contributed by atoms with Crippen molar-refractivity contribution in [2.24, 2.45) is 5.41 Å². The van der Waals surface area contributed by atoms with Gasteiger partial charge in [0.1, 0.15) is 6.04 Å². The number of rotatable bonds is 5. The second kappa shape index (κ2) is 6.72. The van der Waals surface area contributed by atoms with Crippen LogP contribution in [0.4, 0.5) is 4.79 Å². The number of carbonyl (C=O) groups is 2. The van der Waals surface area contributed by atoms with Crippen molar-refractivity contribution >= 4 is 22.8 Å². The van der Waals surface area contributed by atoms with E-state index in [0.717, 1.165) is 0 Å². The summed E-state index contributed by atoms with van der Waals surface area (Å²) in [5, 5.41) is 14.0. The number of carboxylic acid groups (broad SMARTS) is 1. The number of amides is 2. The van der Waals surface area contributed by atoms with Gasteiger partial charge >= 0.3 is 12.0 Å². The first kappa shape index (κ1) is 16.9. The molecule has 0 saturated heterocycles. The van der Waals surface area contributed by atoms with E-state index >= 15 is 0 Å². The van der Waals surface area contributed by atoms with E-state index in [1.807, 2.05) is 0 Å². The van der Waals surface area contributed by atoms with Gasteiger partial charge in [0, 0.05) is 28.9 Å². The van der Waals surface area contributed by atoms with Crippen LogP contribution in [0.15, 0.2) is 0 Å². The molecule has 0 aliphatic rings. The molecule has 2 amide bonds. The molecule has 7 heteroatoms. The summed E-state index contributed by atoms with van der Waals surface area (Å²) >= 11 is 0. The Hall–Kier alpha value is -1.11. The molecule has 0 saturated carbocycles. The predicted molar refractivity (Wildman–Crippen MR) is 70.9 cm³/mol.